The number of amides is 1. The van der Waals surface area contributed by atoms with Crippen LogP contribution in [0.2, 0.25) is 0 Å². The van der Waals surface area contributed by atoms with Crippen molar-refractivity contribution in [1.82, 2.24) is 9.78 Å². The molecular weight excluding hydrogens is 460 g/mol. The fourth-order valence-corrected chi connectivity index (χ4v) is 3.70. The summed E-state index contributed by atoms with van der Waals surface area (Å²) in [4.78, 5) is 23.7. The molecule has 0 aliphatic carbocycles. The highest BCUT2D eigenvalue weighted by Crippen LogP contribution is 2.31. The van der Waals surface area contributed by atoms with E-state index >= 15 is 0 Å². The SMILES string of the molecule is Cc1cc(C)cc(Oc2cc(NC(=O)c3ccn(COc4cc(C)ccc4C)n3)cc([N+](=O)[O-])c2)c1. The number of nitro groups is 1. The lowest BCUT2D eigenvalue weighted by Crippen LogP contribution is -2.14. The van der Waals surface area contributed by atoms with E-state index in [1.54, 1.807) is 12.3 Å². The van der Waals surface area contributed by atoms with Gasteiger partial charge in [-0.1, -0.05) is 18.2 Å². The number of carbonyl (C=O) groups excluding carboxylic acids is 1. The average molecular weight is 487 g/mol. The van der Waals surface area contributed by atoms with Gasteiger partial charge in [0.15, 0.2) is 12.4 Å². The smallest absolute Gasteiger partial charge is 0.276 e. The zero-order valence-corrected chi connectivity index (χ0v) is 20.4. The number of nitrogens with one attached hydrogen (secondary N) is 1. The van der Waals surface area contributed by atoms with Gasteiger partial charge in [-0.3, -0.25) is 14.9 Å². The molecule has 0 atom stereocenters. The highest BCUT2D eigenvalue weighted by Gasteiger charge is 2.16. The van der Waals surface area contributed by atoms with E-state index in [1.807, 2.05) is 64.1 Å². The van der Waals surface area contributed by atoms with E-state index in [2.05, 4.69) is 10.4 Å². The second kappa shape index (κ2) is 10.3. The number of aryl methyl sites for hydroxylation is 4. The maximum Gasteiger partial charge on any atom is 0.276 e. The van der Waals surface area contributed by atoms with Gasteiger partial charge < -0.3 is 14.8 Å². The van der Waals surface area contributed by atoms with E-state index in [0.717, 1.165) is 28.0 Å². The summed E-state index contributed by atoms with van der Waals surface area (Å²) in [5.74, 6) is 1.01. The second-order valence-electron chi connectivity index (χ2n) is 8.64. The Hall–Kier alpha value is -4.66. The summed E-state index contributed by atoms with van der Waals surface area (Å²) in [6.07, 6.45) is 1.63. The van der Waals surface area contributed by atoms with E-state index < -0.39 is 10.8 Å². The molecule has 0 unspecified atom stereocenters. The van der Waals surface area contributed by atoms with E-state index in [0.29, 0.717) is 5.75 Å². The molecular formula is C27H26N4O5. The first-order chi connectivity index (χ1) is 17.2. The lowest BCUT2D eigenvalue weighted by atomic mass is 10.1. The van der Waals surface area contributed by atoms with Crippen LogP contribution < -0.4 is 14.8 Å². The molecule has 0 fully saturated rings. The number of hydrogen-bond acceptors (Lipinski definition) is 6. The molecule has 9 heteroatoms. The molecule has 0 aliphatic rings. The van der Waals surface area contributed by atoms with Crippen LogP contribution in [-0.2, 0) is 6.73 Å². The Morgan fingerprint density at radius 1 is 0.944 bits per heavy atom. The Morgan fingerprint density at radius 3 is 2.39 bits per heavy atom. The highest BCUT2D eigenvalue weighted by atomic mass is 16.6. The summed E-state index contributed by atoms with van der Waals surface area (Å²) in [5, 5.41) is 18.4. The number of nitro benzene ring substituents is 1. The van der Waals surface area contributed by atoms with Crippen LogP contribution in [0.15, 0.2) is 66.9 Å². The van der Waals surface area contributed by atoms with Crippen molar-refractivity contribution in [3.05, 3.63) is 105 Å². The first kappa shape index (κ1) is 24.5. The monoisotopic (exact) mass is 486 g/mol. The van der Waals surface area contributed by atoms with Crippen molar-refractivity contribution in [2.24, 2.45) is 0 Å². The summed E-state index contributed by atoms with van der Waals surface area (Å²) in [5.41, 5.74) is 4.23. The topological polar surface area (TPSA) is 109 Å². The summed E-state index contributed by atoms with van der Waals surface area (Å²) < 4.78 is 13.2. The van der Waals surface area contributed by atoms with Gasteiger partial charge in [0, 0.05) is 18.3 Å². The summed E-state index contributed by atoms with van der Waals surface area (Å²) in [6, 6.07) is 17.2. The normalized spacial score (nSPS) is 10.7. The van der Waals surface area contributed by atoms with Gasteiger partial charge in [-0.15, -0.1) is 0 Å². The number of aromatic nitrogens is 2. The van der Waals surface area contributed by atoms with Crippen LogP contribution in [0.3, 0.4) is 0 Å². The van der Waals surface area contributed by atoms with Crippen molar-refractivity contribution < 1.29 is 19.2 Å². The third-order valence-electron chi connectivity index (χ3n) is 5.36. The Bertz CT molecular complexity index is 1420. The number of nitrogens with zero attached hydrogens (tertiary/aromatic N) is 3. The first-order valence-electron chi connectivity index (χ1n) is 11.3. The number of hydrogen-bond donors (Lipinski definition) is 1. The number of ether oxygens (including phenoxy) is 2. The first-order valence-corrected chi connectivity index (χ1v) is 11.3. The number of carbonyl (C=O) groups is 1. The molecule has 0 aliphatic heterocycles. The van der Waals surface area contributed by atoms with Crippen LogP contribution in [0.4, 0.5) is 11.4 Å². The Morgan fingerprint density at radius 2 is 1.67 bits per heavy atom. The lowest BCUT2D eigenvalue weighted by Gasteiger charge is -2.10. The van der Waals surface area contributed by atoms with Crippen LogP contribution in [-0.4, -0.2) is 20.6 Å². The quantitative estimate of drug-likeness (QED) is 0.238. The summed E-state index contributed by atoms with van der Waals surface area (Å²) in [7, 11) is 0. The average Bonchev–Trinajstić information content (AvgIpc) is 3.28. The van der Waals surface area contributed by atoms with Crippen LogP contribution in [0.25, 0.3) is 0 Å². The van der Waals surface area contributed by atoms with Gasteiger partial charge in [0.1, 0.15) is 17.2 Å². The van der Waals surface area contributed by atoms with E-state index in [1.165, 1.54) is 22.9 Å². The van der Waals surface area contributed by atoms with Crippen molar-refractivity contribution in [2.75, 3.05) is 5.32 Å². The second-order valence-corrected chi connectivity index (χ2v) is 8.64. The van der Waals surface area contributed by atoms with Gasteiger partial charge in [0.2, 0.25) is 0 Å². The van der Waals surface area contributed by atoms with Crippen molar-refractivity contribution in [2.45, 2.75) is 34.4 Å². The molecule has 3 aromatic carbocycles. The standard InChI is InChI=1S/C27H26N4O5/c1-17-5-6-20(4)26(12-17)35-16-30-8-7-25(29-30)27(32)28-21-13-22(31(33)34)15-24(14-21)36-23-10-18(2)9-19(3)11-23/h5-15H,16H2,1-4H3,(H,28,32). The van der Waals surface area contributed by atoms with Gasteiger partial charge >= 0.3 is 0 Å². The number of benzene rings is 3. The summed E-state index contributed by atoms with van der Waals surface area (Å²) in [6.45, 7) is 7.93. The van der Waals surface area contributed by atoms with Gasteiger partial charge in [-0.2, -0.15) is 5.10 Å². The molecule has 0 radical (unpaired) electrons. The van der Waals surface area contributed by atoms with Gasteiger partial charge in [-0.05, 0) is 74.2 Å². The van der Waals surface area contributed by atoms with E-state index in [4.69, 9.17) is 9.47 Å². The molecule has 1 N–H and O–H groups in total. The molecule has 0 bridgehead atoms. The van der Waals surface area contributed by atoms with Crippen LogP contribution >= 0.6 is 0 Å². The number of non-ortho nitro benzene ring substituents is 1. The third kappa shape index (κ3) is 6.06. The van der Waals surface area contributed by atoms with Crippen molar-refractivity contribution in [3.8, 4) is 17.2 Å². The minimum absolute atomic E-state index is 0.127. The Balaban J connectivity index is 1.48. The Labute approximate surface area is 208 Å². The van der Waals surface area contributed by atoms with Crippen molar-refractivity contribution in [1.29, 1.82) is 0 Å². The summed E-state index contributed by atoms with van der Waals surface area (Å²) >= 11 is 0. The molecule has 0 saturated heterocycles. The minimum atomic E-state index is -0.538. The fraction of sp³-hybridized carbons (Fsp3) is 0.185. The lowest BCUT2D eigenvalue weighted by molar-refractivity contribution is -0.384. The molecule has 0 saturated carbocycles. The van der Waals surface area contributed by atoms with Crippen molar-refractivity contribution in [3.63, 3.8) is 0 Å². The molecule has 4 aromatic rings. The van der Waals surface area contributed by atoms with Gasteiger partial charge in [0.05, 0.1) is 16.7 Å². The van der Waals surface area contributed by atoms with Crippen LogP contribution in [0, 0.1) is 37.8 Å². The Kier molecular flexibility index (Phi) is 7.00. The third-order valence-corrected chi connectivity index (χ3v) is 5.36. The van der Waals surface area contributed by atoms with Gasteiger partial charge in [-0.25, -0.2) is 4.68 Å². The highest BCUT2D eigenvalue weighted by molar-refractivity contribution is 6.03. The van der Waals surface area contributed by atoms with Gasteiger partial charge in [0.25, 0.3) is 11.6 Å². The molecule has 36 heavy (non-hydrogen) atoms. The fourth-order valence-electron chi connectivity index (χ4n) is 3.70. The minimum Gasteiger partial charge on any atom is -0.471 e. The van der Waals surface area contributed by atoms with Crippen LogP contribution in [0.1, 0.15) is 32.7 Å². The predicted molar refractivity (Wildman–Crippen MR) is 136 cm³/mol. The van der Waals surface area contributed by atoms with E-state index in [-0.39, 0.29) is 29.5 Å². The number of rotatable bonds is 8. The maximum atomic E-state index is 12.8. The largest absolute Gasteiger partial charge is 0.471 e. The molecule has 1 aromatic heterocycles. The van der Waals surface area contributed by atoms with E-state index in [9.17, 15) is 14.9 Å². The molecule has 0 spiro atoms. The predicted octanol–water partition coefficient (Wildman–Crippen LogP) is 6.11. The molecule has 1 amide bonds. The molecule has 9 nitrogen and oxygen atoms in total. The maximum absolute atomic E-state index is 12.8. The zero-order valence-electron chi connectivity index (χ0n) is 20.4. The zero-order chi connectivity index (χ0) is 25.8. The molecule has 4 rings (SSSR count). The molecule has 1 heterocycles. The molecule has 184 valence electrons. The van der Waals surface area contributed by atoms with Crippen LogP contribution in [0.5, 0.6) is 17.2 Å². The van der Waals surface area contributed by atoms with Crippen molar-refractivity contribution >= 4 is 17.3 Å². The number of anilines is 1.